The Hall–Kier alpha value is -1.56. The highest BCUT2D eigenvalue weighted by Crippen LogP contribution is 1.99. The Bertz CT molecular complexity index is 430. The second kappa shape index (κ2) is 4.98. The molecule has 0 spiro atoms. The molecule has 0 saturated heterocycles. The van der Waals surface area contributed by atoms with Gasteiger partial charge in [0.25, 0.3) is 0 Å². The van der Waals surface area contributed by atoms with Crippen LogP contribution in [0, 0.1) is 0 Å². The van der Waals surface area contributed by atoms with E-state index in [4.69, 9.17) is 0 Å². The average Bonchev–Trinajstić information content (AvgIpc) is 1.96. The summed E-state index contributed by atoms with van der Waals surface area (Å²) in [5.74, 6) is -2.21. The van der Waals surface area contributed by atoms with Crippen molar-refractivity contribution in [3.63, 3.8) is 0 Å². The highest BCUT2D eigenvalue weighted by atomic mass is 32.2. The second-order valence-electron chi connectivity index (χ2n) is 2.33. The number of amides is 2. The Morgan fingerprint density at radius 3 is 1.25 bits per heavy atom. The van der Waals surface area contributed by atoms with Gasteiger partial charge in [-0.1, -0.05) is 0 Å². The Kier molecular flexibility index (Phi) is 4.49. The van der Waals surface area contributed by atoms with Gasteiger partial charge >= 0.3 is 32.4 Å². The van der Waals surface area contributed by atoms with Gasteiger partial charge < -0.3 is 19.8 Å². The number of nitrogens with two attached hydrogens (primary N) is 2. The molecule has 12 heteroatoms. The average molecular weight is 276 g/mol. The van der Waals surface area contributed by atoms with Gasteiger partial charge in [-0.3, -0.25) is 0 Å². The van der Waals surface area contributed by atoms with Crippen molar-refractivity contribution >= 4 is 32.4 Å². The summed E-state index contributed by atoms with van der Waals surface area (Å²) in [7, 11) is -8.87. The SMILES string of the molecule is NC(=O)OS(=O)(=O)CCS(=O)(=O)OC(N)=O. The molecular weight excluding hydrogens is 268 g/mol. The van der Waals surface area contributed by atoms with Crippen LogP contribution in [0.4, 0.5) is 9.59 Å². The largest absolute Gasteiger partial charge is 0.420 e. The van der Waals surface area contributed by atoms with Crippen LogP contribution >= 0.6 is 0 Å². The summed E-state index contributed by atoms with van der Waals surface area (Å²) in [6.45, 7) is 0. The maximum absolute atomic E-state index is 10.8. The molecule has 0 radical (unpaired) electrons. The molecule has 0 aliphatic heterocycles. The molecule has 0 aromatic rings. The fourth-order valence-electron chi connectivity index (χ4n) is 0.538. The monoisotopic (exact) mass is 276 g/mol. The molecular formula is C4H8N2O8S2. The molecule has 0 fully saturated rings. The number of primary amides is 2. The van der Waals surface area contributed by atoms with Crippen molar-refractivity contribution in [3.05, 3.63) is 0 Å². The fourth-order valence-corrected chi connectivity index (χ4v) is 2.84. The Morgan fingerprint density at radius 1 is 0.812 bits per heavy atom. The van der Waals surface area contributed by atoms with Crippen molar-refractivity contribution in [2.45, 2.75) is 0 Å². The van der Waals surface area contributed by atoms with Crippen molar-refractivity contribution in [3.8, 4) is 0 Å². The minimum atomic E-state index is -4.44. The van der Waals surface area contributed by atoms with Gasteiger partial charge in [-0.2, -0.15) is 16.8 Å². The Balaban J connectivity index is 4.46. The first kappa shape index (κ1) is 14.4. The van der Waals surface area contributed by atoms with E-state index in [1.54, 1.807) is 0 Å². The molecule has 0 bridgehead atoms. The standard InChI is InChI=1S/C4H8N2O8S2/c5-3(7)13-15(9,10)1-2-16(11,12)14-4(6)8/h1-2H2,(H2,5,7)(H2,6,8). The quantitative estimate of drug-likeness (QED) is 0.533. The molecule has 0 unspecified atom stereocenters. The summed E-state index contributed by atoms with van der Waals surface area (Å²) >= 11 is 0. The Labute approximate surface area is 90.7 Å². The smallest absolute Gasteiger partial charge is 0.334 e. The second-order valence-corrected chi connectivity index (χ2v) is 5.71. The van der Waals surface area contributed by atoms with Crippen LogP contribution in [0.5, 0.6) is 0 Å². The molecule has 0 aromatic heterocycles. The molecule has 94 valence electrons. The van der Waals surface area contributed by atoms with Gasteiger partial charge in [0.1, 0.15) is 11.5 Å². The maximum atomic E-state index is 10.8. The van der Waals surface area contributed by atoms with Crippen molar-refractivity contribution in [2.75, 3.05) is 11.5 Å². The van der Waals surface area contributed by atoms with E-state index in [-0.39, 0.29) is 0 Å². The molecule has 0 aliphatic rings. The van der Waals surface area contributed by atoms with E-state index in [1.165, 1.54) is 0 Å². The van der Waals surface area contributed by atoms with E-state index in [0.717, 1.165) is 0 Å². The van der Waals surface area contributed by atoms with Crippen LogP contribution in [0.15, 0.2) is 0 Å². The lowest BCUT2D eigenvalue weighted by molar-refractivity contribution is 0.210. The maximum Gasteiger partial charge on any atom is 0.420 e. The third kappa shape index (κ3) is 6.83. The van der Waals surface area contributed by atoms with Gasteiger partial charge in [0.2, 0.25) is 0 Å². The van der Waals surface area contributed by atoms with Gasteiger partial charge in [-0.25, -0.2) is 9.59 Å². The third-order valence-corrected chi connectivity index (χ3v) is 3.50. The van der Waals surface area contributed by atoms with Crippen LogP contribution in [0.25, 0.3) is 0 Å². The molecule has 0 aromatic carbocycles. The topological polar surface area (TPSA) is 173 Å². The van der Waals surface area contributed by atoms with E-state index in [1.807, 2.05) is 0 Å². The summed E-state index contributed by atoms with van der Waals surface area (Å²) in [4.78, 5) is 20.2. The van der Waals surface area contributed by atoms with Crippen LogP contribution in [-0.2, 0) is 28.6 Å². The van der Waals surface area contributed by atoms with Crippen molar-refractivity contribution in [1.82, 2.24) is 0 Å². The molecule has 0 rings (SSSR count). The van der Waals surface area contributed by atoms with E-state index in [0.29, 0.717) is 0 Å². The lowest BCUT2D eigenvalue weighted by Crippen LogP contribution is -2.27. The molecule has 0 saturated carbocycles. The normalized spacial score (nSPS) is 11.8. The molecule has 0 atom stereocenters. The predicted octanol–water partition coefficient (Wildman–Crippen LogP) is -2.16. The summed E-state index contributed by atoms with van der Waals surface area (Å²) in [5.41, 5.74) is 8.81. The zero-order valence-electron chi connectivity index (χ0n) is 7.65. The van der Waals surface area contributed by atoms with Crippen molar-refractivity contribution in [2.24, 2.45) is 11.5 Å². The number of hydrogen-bond donors (Lipinski definition) is 2. The molecule has 4 N–H and O–H groups in total. The molecule has 16 heavy (non-hydrogen) atoms. The van der Waals surface area contributed by atoms with Gasteiger partial charge in [-0.15, -0.1) is 0 Å². The molecule has 0 aliphatic carbocycles. The highest BCUT2D eigenvalue weighted by Gasteiger charge is 2.22. The van der Waals surface area contributed by atoms with E-state index in [2.05, 4.69) is 19.8 Å². The summed E-state index contributed by atoms with van der Waals surface area (Å²) in [6, 6.07) is 0. The van der Waals surface area contributed by atoms with Gasteiger partial charge in [0.05, 0.1) is 0 Å². The number of carbonyl (C=O) groups is 2. The number of carbonyl (C=O) groups excluding carboxylic acids is 2. The molecule has 10 nitrogen and oxygen atoms in total. The predicted molar refractivity (Wildman–Crippen MR) is 48.9 cm³/mol. The van der Waals surface area contributed by atoms with Gasteiger partial charge in [0.15, 0.2) is 0 Å². The summed E-state index contributed by atoms with van der Waals surface area (Å²) in [5, 5.41) is 0. The first-order valence-corrected chi connectivity index (χ1v) is 6.63. The van der Waals surface area contributed by atoms with Crippen LogP contribution in [0.2, 0.25) is 0 Å². The minimum Gasteiger partial charge on any atom is -0.334 e. The van der Waals surface area contributed by atoms with Crippen molar-refractivity contribution < 1.29 is 34.8 Å². The molecule has 2 amide bonds. The highest BCUT2D eigenvalue weighted by molar-refractivity contribution is 7.90. The van der Waals surface area contributed by atoms with E-state index >= 15 is 0 Å². The lowest BCUT2D eigenvalue weighted by atomic mass is 11.0. The fraction of sp³-hybridized carbons (Fsp3) is 0.500. The number of hydrogen-bond acceptors (Lipinski definition) is 8. The van der Waals surface area contributed by atoms with Crippen LogP contribution in [-0.4, -0.2) is 40.5 Å². The van der Waals surface area contributed by atoms with Crippen LogP contribution < -0.4 is 11.5 Å². The summed E-state index contributed by atoms with van der Waals surface area (Å²) < 4.78 is 50.5. The number of rotatable bonds is 5. The Morgan fingerprint density at radius 2 is 1.06 bits per heavy atom. The van der Waals surface area contributed by atoms with E-state index in [9.17, 15) is 26.4 Å². The van der Waals surface area contributed by atoms with Crippen LogP contribution in [0.3, 0.4) is 0 Å². The van der Waals surface area contributed by atoms with Gasteiger partial charge in [-0.05, 0) is 0 Å². The van der Waals surface area contributed by atoms with E-state index < -0.39 is 43.9 Å². The first-order chi connectivity index (χ1) is 7.04. The minimum absolute atomic E-state index is 1.11. The zero-order valence-corrected chi connectivity index (χ0v) is 9.28. The van der Waals surface area contributed by atoms with Crippen LogP contribution in [0.1, 0.15) is 0 Å². The zero-order chi connectivity index (χ0) is 13.0. The van der Waals surface area contributed by atoms with Crippen molar-refractivity contribution in [1.29, 1.82) is 0 Å². The lowest BCUT2D eigenvalue weighted by Gasteiger charge is -2.03. The third-order valence-electron chi connectivity index (χ3n) is 1.00. The molecule has 0 heterocycles. The first-order valence-electron chi connectivity index (χ1n) is 3.47. The van der Waals surface area contributed by atoms with Gasteiger partial charge in [0, 0.05) is 0 Å². The summed E-state index contributed by atoms with van der Waals surface area (Å²) in [6.07, 6.45) is -3.21.